The molecular weight excluding hydrogens is 361 g/mol. The summed E-state index contributed by atoms with van der Waals surface area (Å²) in [6.45, 7) is 4.81. The summed E-state index contributed by atoms with van der Waals surface area (Å²) in [5.74, 6) is -0.732. The zero-order chi connectivity index (χ0) is 20.8. The van der Waals surface area contributed by atoms with Gasteiger partial charge in [-0.3, -0.25) is 14.5 Å². The fourth-order valence-electron chi connectivity index (χ4n) is 3.49. The highest BCUT2D eigenvalue weighted by Gasteiger charge is 2.36. The van der Waals surface area contributed by atoms with Crippen molar-refractivity contribution in [1.82, 2.24) is 9.80 Å². The third-order valence-electron chi connectivity index (χ3n) is 5.05. The average Bonchev–Trinajstić information content (AvgIpc) is 3.07. The number of hydrogen-bond acceptors (Lipinski definition) is 5. The van der Waals surface area contributed by atoms with E-state index in [1.165, 1.54) is 17.0 Å². The van der Waals surface area contributed by atoms with Crippen molar-refractivity contribution in [2.24, 2.45) is 5.73 Å². The van der Waals surface area contributed by atoms with E-state index in [0.29, 0.717) is 25.2 Å². The predicted molar refractivity (Wildman–Crippen MR) is 105 cm³/mol. The Morgan fingerprint density at radius 2 is 2.07 bits per heavy atom. The van der Waals surface area contributed by atoms with Crippen LogP contribution in [0.1, 0.15) is 26.7 Å². The smallest absolute Gasteiger partial charge is 0.244 e. The van der Waals surface area contributed by atoms with Crippen molar-refractivity contribution in [3.63, 3.8) is 0 Å². The number of nitriles is 1. The van der Waals surface area contributed by atoms with Crippen LogP contribution in [0.2, 0.25) is 0 Å². The molecule has 0 saturated carbocycles. The van der Waals surface area contributed by atoms with Gasteiger partial charge in [0.05, 0.1) is 18.2 Å². The first-order valence-corrected chi connectivity index (χ1v) is 9.53. The van der Waals surface area contributed by atoms with Crippen LogP contribution in [0.5, 0.6) is 0 Å². The van der Waals surface area contributed by atoms with Gasteiger partial charge in [-0.05, 0) is 51.1 Å². The summed E-state index contributed by atoms with van der Waals surface area (Å²) >= 11 is 0. The van der Waals surface area contributed by atoms with Crippen LogP contribution in [0.25, 0.3) is 0 Å². The molecule has 1 aliphatic rings. The fourth-order valence-corrected chi connectivity index (χ4v) is 3.49. The second kappa shape index (κ2) is 9.62. The normalized spacial score (nSPS) is 18.8. The summed E-state index contributed by atoms with van der Waals surface area (Å²) in [4.78, 5) is 30.4. The Labute approximate surface area is 165 Å². The molecule has 0 aromatic heterocycles. The molecule has 0 spiro atoms. The Bertz CT molecular complexity index is 733. The minimum Gasteiger partial charge on any atom is -0.326 e. The minimum absolute atomic E-state index is 0.0930. The third kappa shape index (κ3) is 4.86. The lowest BCUT2D eigenvalue weighted by Crippen LogP contribution is -2.53. The van der Waals surface area contributed by atoms with E-state index in [1.807, 2.05) is 6.92 Å². The van der Waals surface area contributed by atoms with E-state index in [0.717, 1.165) is 6.42 Å². The van der Waals surface area contributed by atoms with Crippen LogP contribution < -0.4 is 10.6 Å². The molecule has 7 nitrogen and oxygen atoms in total. The van der Waals surface area contributed by atoms with Crippen LogP contribution in [-0.2, 0) is 9.59 Å². The second-order valence-corrected chi connectivity index (χ2v) is 7.15. The van der Waals surface area contributed by atoms with Crippen molar-refractivity contribution in [2.75, 3.05) is 31.6 Å². The van der Waals surface area contributed by atoms with Crippen LogP contribution in [0.3, 0.4) is 0 Å². The summed E-state index contributed by atoms with van der Waals surface area (Å²) in [5.41, 5.74) is 6.76. The van der Waals surface area contributed by atoms with Crippen molar-refractivity contribution >= 4 is 17.5 Å². The molecular formula is C20H28FN5O2. The van der Waals surface area contributed by atoms with Crippen molar-refractivity contribution in [3.05, 3.63) is 30.1 Å². The maximum absolute atomic E-state index is 13.1. The number of likely N-dealkylation sites (N-methyl/N-ethyl adjacent to an activating group) is 1. The van der Waals surface area contributed by atoms with Crippen LogP contribution >= 0.6 is 0 Å². The number of nitrogens with zero attached hydrogens (tertiary/aromatic N) is 4. The van der Waals surface area contributed by atoms with Gasteiger partial charge in [-0.15, -0.1) is 0 Å². The van der Waals surface area contributed by atoms with E-state index in [-0.39, 0.29) is 24.2 Å². The second-order valence-electron chi connectivity index (χ2n) is 7.15. The summed E-state index contributed by atoms with van der Waals surface area (Å²) < 4.78 is 13.1. The number of amides is 2. The average molecular weight is 389 g/mol. The largest absolute Gasteiger partial charge is 0.326 e. The molecule has 2 amide bonds. The molecule has 1 aromatic rings. The van der Waals surface area contributed by atoms with E-state index in [4.69, 9.17) is 11.0 Å². The Hall–Kier alpha value is -2.50. The number of rotatable bonds is 8. The van der Waals surface area contributed by atoms with Gasteiger partial charge in [0.1, 0.15) is 11.9 Å². The van der Waals surface area contributed by atoms with E-state index < -0.39 is 18.1 Å². The lowest BCUT2D eigenvalue weighted by atomic mass is 10.1. The summed E-state index contributed by atoms with van der Waals surface area (Å²) in [5, 5.41) is 9.14. The summed E-state index contributed by atoms with van der Waals surface area (Å²) in [6, 6.07) is 6.13. The topological polar surface area (TPSA) is 93.7 Å². The summed E-state index contributed by atoms with van der Waals surface area (Å²) in [7, 11) is 1.77. The van der Waals surface area contributed by atoms with Gasteiger partial charge in [0, 0.05) is 25.3 Å². The molecule has 8 heteroatoms. The summed E-state index contributed by atoms with van der Waals surface area (Å²) in [6.07, 6.45) is 1.33. The molecule has 1 heterocycles. The molecule has 152 valence electrons. The molecule has 1 fully saturated rings. The van der Waals surface area contributed by atoms with E-state index in [1.54, 1.807) is 35.9 Å². The van der Waals surface area contributed by atoms with Crippen molar-refractivity contribution in [3.8, 4) is 6.07 Å². The fraction of sp³-hybridized carbons (Fsp3) is 0.550. The Balaban J connectivity index is 2.01. The molecule has 0 aliphatic carbocycles. The van der Waals surface area contributed by atoms with Gasteiger partial charge in [-0.2, -0.15) is 5.26 Å². The molecule has 1 saturated heterocycles. The maximum atomic E-state index is 13.1. The van der Waals surface area contributed by atoms with Crippen molar-refractivity contribution < 1.29 is 14.0 Å². The first kappa shape index (κ1) is 21.8. The number of carbonyl (C=O) groups excluding carboxylic acids is 2. The number of benzene rings is 1. The lowest BCUT2D eigenvalue weighted by Gasteiger charge is -2.30. The Morgan fingerprint density at radius 3 is 2.64 bits per heavy atom. The van der Waals surface area contributed by atoms with Gasteiger partial charge in [0.25, 0.3) is 0 Å². The van der Waals surface area contributed by atoms with Gasteiger partial charge < -0.3 is 15.5 Å². The number of carbonyl (C=O) groups is 2. The number of halogens is 1. The molecule has 2 rings (SSSR count). The number of hydrogen-bond donors (Lipinski definition) is 1. The molecule has 3 atom stereocenters. The molecule has 1 unspecified atom stereocenters. The first-order chi connectivity index (χ1) is 13.3. The van der Waals surface area contributed by atoms with Crippen molar-refractivity contribution in [2.45, 2.75) is 44.8 Å². The maximum Gasteiger partial charge on any atom is 0.244 e. The molecule has 28 heavy (non-hydrogen) atoms. The first-order valence-electron chi connectivity index (χ1n) is 9.53. The molecule has 0 radical (unpaired) electrons. The van der Waals surface area contributed by atoms with Crippen LogP contribution in [-0.4, -0.2) is 66.4 Å². The lowest BCUT2D eigenvalue weighted by molar-refractivity contribution is -0.134. The van der Waals surface area contributed by atoms with Crippen LogP contribution in [0.4, 0.5) is 10.1 Å². The monoisotopic (exact) mass is 389 g/mol. The number of anilines is 1. The molecule has 2 N–H and O–H groups in total. The van der Waals surface area contributed by atoms with E-state index in [9.17, 15) is 14.0 Å². The van der Waals surface area contributed by atoms with Gasteiger partial charge in [0.15, 0.2) is 0 Å². The van der Waals surface area contributed by atoms with Gasteiger partial charge in [-0.25, -0.2) is 4.39 Å². The molecule has 1 aliphatic heterocycles. The standard InChI is InChI=1S/C20H28FN5O2/c1-4-10-25(14(2)12-22)19(27)17(23)13-24(3)18-9-11-26(20(18)28)16-7-5-15(21)6-8-16/h5-8,14,17-18H,4,9-11,13,23H2,1-3H3/t14-,17-,18?/m0/s1. The highest BCUT2D eigenvalue weighted by Crippen LogP contribution is 2.24. The van der Waals surface area contributed by atoms with Crippen LogP contribution in [0.15, 0.2) is 24.3 Å². The minimum atomic E-state index is -0.819. The Kier molecular flexibility index (Phi) is 7.49. The van der Waals surface area contributed by atoms with Crippen LogP contribution in [0, 0.1) is 17.1 Å². The number of nitrogens with two attached hydrogens (primary N) is 1. The Morgan fingerprint density at radius 1 is 1.43 bits per heavy atom. The third-order valence-corrected chi connectivity index (χ3v) is 5.05. The van der Waals surface area contributed by atoms with Crippen molar-refractivity contribution in [1.29, 1.82) is 5.26 Å². The quantitative estimate of drug-likeness (QED) is 0.724. The van der Waals surface area contributed by atoms with Gasteiger partial charge in [0.2, 0.25) is 11.8 Å². The predicted octanol–water partition coefficient (Wildman–Crippen LogP) is 1.34. The highest BCUT2D eigenvalue weighted by molar-refractivity contribution is 5.99. The zero-order valence-electron chi connectivity index (χ0n) is 16.6. The molecule has 0 bridgehead atoms. The van der Waals surface area contributed by atoms with E-state index in [2.05, 4.69) is 6.07 Å². The SMILES string of the molecule is CCCN(C(=O)[C@@H](N)CN(C)C1CCN(c2ccc(F)cc2)C1=O)[C@@H](C)C#N. The zero-order valence-corrected chi connectivity index (χ0v) is 16.6. The van der Waals surface area contributed by atoms with Gasteiger partial charge >= 0.3 is 0 Å². The highest BCUT2D eigenvalue weighted by atomic mass is 19.1. The van der Waals surface area contributed by atoms with E-state index >= 15 is 0 Å². The molecule has 1 aromatic carbocycles. The van der Waals surface area contributed by atoms with Gasteiger partial charge in [-0.1, -0.05) is 6.92 Å².